The molecule has 0 unspecified atom stereocenters. The molecule has 0 saturated carbocycles. The van der Waals surface area contributed by atoms with Crippen LogP contribution in [0.15, 0.2) is 24.3 Å². The largest absolute Gasteiger partial charge is 0.487 e. The van der Waals surface area contributed by atoms with Gasteiger partial charge in [-0.15, -0.1) is 0 Å². The van der Waals surface area contributed by atoms with Gasteiger partial charge in [0.1, 0.15) is 0 Å². The van der Waals surface area contributed by atoms with Crippen LogP contribution >= 0.6 is 0 Å². The van der Waals surface area contributed by atoms with E-state index < -0.39 is 0 Å². The standard InChI is InChI=1S/C16H24BNO2/c1-12(2)13-7-8-14(18-11-13)9-10-17-19-15(3,4)16(5,6)20-17/h7-12H,1-6H3/b10-9+. The van der Waals surface area contributed by atoms with E-state index in [-0.39, 0.29) is 18.3 Å². The lowest BCUT2D eigenvalue weighted by Gasteiger charge is -2.32. The van der Waals surface area contributed by atoms with Crippen LogP contribution in [0.2, 0.25) is 0 Å². The van der Waals surface area contributed by atoms with E-state index in [4.69, 9.17) is 9.31 Å². The van der Waals surface area contributed by atoms with Crippen LogP contribution in [-0.4, -0.2) is 23.3 Å². The molecule has 0 radical (unpaired) electrons. The van der Waals surface area contributed by atoms with E-state index in [1.807, 2.05) is 24.3 Å². The fourth-order valence-electron chi connectivity index (χ4n) is 2.00. The van der Waals surface area contributed by atoms with Crippen LogP contribution in [0.3, 0.4) is 0 Å². The molecular weight excluding hydrogens is 249 g/mol. The van der Waals surface area contributed by atoms with Crippen molar-refractivity contribution in [3.05, 3.63) is 35.6 Å². The Morgan fingerprint density at radius 2 is 1.70 bits per heavy atom. The Balaban J connectivity index is 2.04. The van der Waals surface area contributed by atoms with Crippen molar-refractivity contribution in [1.29, 1.82) is 0 Å². The van der Waals surface area contributed by atoms with Gasteiger partial charge in [-0.1, -0.05) is 25.9 Å². The molecule has 108 valence electrons. The highest BCUT2D eigenvalue weighted by molar-refractivity contribution is 6.52. The van der Waals surface area contributed by atoms with Gasteiger partial charge in [-0.3, -0.25) is 4.98 Å². The molecule has 0 aliphatic carbocycles. The van der Waals surface area contributed by atoms with Crippen molar-refractivity contribution < 1.29 is 9.31 Å². The molecular formula is C16H24BNO2. The molecule has 0 atom stereocenters. The molecule has 2 heterocycles. The number of aromatic nitrogens is 1. The zero-order chi connectivity index (χ0) is 15.0. The molecule has 0 aromatic carbocycles. The molecule has 2 rings (SSSR count). The van der Waals surface area contributed by atoms with Gasteiger partial charge in [-0.2, -0.15) is 0 Å². The second-order valence-corrected chi connectivity index (χ2v) is 6.65. The first kappa shape index (κ1) is 15.3. The second-order valence-electron chi connectivity index (χ2n) is 6.65. The average molecular weight is 273 g/mol. The van der Waals surface area contributed by atoms with Gasteiger partial charge in [-0.25, -0.2) is 0 Å². The predicted molar refractivity (Wildman–Crippen MR) is 83.4 cm³/mol. The van der Waals surface area contributed by atoms with Gasteiger partial charge in [0.15, 0.2) is 0 Å². The molecule has 0 spiro atoms. The van der Waals surface area contributed by atoms with E-state index in [1.165, 1.54) is 5.56 Å². The Morgan fingerprint density at radius 1 is 1.10 bits per heavy atom. The fraction of sp³-hybridized carbons (Fsp3) is 0.562. The number of pyridine rings is 1. The second kappa shape index (κ2) is 5.34. The summed E-state index contributed by atoms with van der Waals surface area (Å²) >= 11 is 0. The summed E-state index contributed by atoms with van der Waals surface area (Å²) in [5.74, 6) is 2.43. The molecule has 1 fully saturated rings. The summed E-state index contributed by atoms with van der Waals surface area (Å²) < 4.78 is 11.8. The minimum absolute atomic E-state index is 0.295. The third kappa shape index (κ3) is 3.13. The van der Waals surface area contributed by atoms with Gasteiger partial charge in [0.2, 0.25) is 0 Å². The lowest BCUT2D eigenvalue weighted by molar-refractivity contribution is 0.00578. The highest BCUT2D eigenvalue weighted by atomic mass is 16.7. The Kier molecular flexibility index (Phi) is 4.08. The summed E-state index contributed by atoms with van der Waals surface area (Å²) in [4.78, 5) is 4.44. The molecule has 0 amide bonds. The van der Waals surface area contributed by atoms with E-state index in [1.54, 1.807) is 0 Å². The molecule has 4 heteroatoms. The minimum atomic E-state index is -0.313. The van der Waals surface area contributed by atoms with Gasteiger partial charge in [0, 0.05) is 6.20 Å². The summed E-state index contributed by atoms with van der Waals surface area (Å²) in [6, 6.07) is 4.14. The van der Waals surface area contributed by atoms with E-state index in [0.717, 1.165) is 5.69 Å². The van der Waals surface area contributed by atoms with Crippen LogP contribution in [0.5, 0.6) is 0 Å². The van der Waals surface area contributed by atoms with Crippen LogP contribution in [0.25, 0.3) is 6.08 Å². The van der Waals surface area contributed by atoms with Crippen molar-refractivity contribution in [2.45, 2.75) is 58.7 Å². The lowest BCUT2D eigenvalue weighted by atomic mass is 9.89. The van der Waals surface area contributed by atoms with Crippen molar-refractivity contribution in [2.75, 3.05) is 0 Å². The Labute approximate surface area is 122 Å². The molecule has 1 aliphatic rings. The number of rotatable bonds is 3. The van der Waals surface area contributed by atoms with Crippen molar-refractivity contribution in [3.8, 4) is 0 Å². The molecule has 0 N–H and O–H groups in total. The summed E-state index contributed by atoms with van der Waals surface area (Å²) in [5.41, 5.74) is 1.58. The maximum absolute atomic E-state index is 5.91. The smallest absolute Gasteiger partial charge is 0.400 e. The monoisotopic (exact) mass is 273 g/mol. The highest BCUT2D eigenvalue weighted by Gasteiger charge is 2.49. The van der Waals surface area contributed by atoms with E-state index >= 15 is 0 Å². The average Bonchev–Trinajstić information content (AvgIpc) is 2.56. The Hall–Kier alpha value is -1.13. The number of hydrogen-bond donors (Lipinski definition) is 0. The first-order valence-electron chi connectivity index (χ1n) is 7.21. The maximum atomic E-state index is 5.91. The van der Waals surface area contributed by atoms with Crippen molar-refractivity contribution in [2.24, 2.45) is 0 Å². The molecule has 1 aromatic rings. The van der Waals surface area contributed by atoms with Gasteiger partial charge in [0.05, 0.1) is 16.9 Å². The van der Waals surface area contributed by atoms with Crippen molar-refractivity contribution >= 4 is 13.2 Å². The first-order chi connectivity index (χ1) is 9.21. The van der Waals surface area contributed by atoms with Crippen LogP contribution in [0, 0.1) is 0 Å². The first-order valence-corrected chi connectivity index (χ1v) is 7.21. The Morgan fingerprint density at radius 3 is 2.15 bits per heavy atom. The molecule has 20 heavy (non-hydrogen) atoms. The highest BCUT2D eigenvalue weighted by Crippen LogP contribution is 2.36. The molecule has 1 saturated heterocycles. The molecule has 0 bridgehead atoms. The SMILES string of the molecule is CC(C)c1ccc(/C=C/B2OC(C)(C)C(C)(C)O2)nc1. The van der Waals surface area contributed by atoms with Gasteiger partial charge in [-0.05, 0) is 51.3 Å². The van der Waals surface area contributed by atoms with Crippen molar-refractivity contribution in [3.63, 3.8) is 0 Å². The molecule has 1 aliphatic heterocycles. The summed E-state index contributed by atoms with van der Waals surface area (Å²) in [6.45, 7) is 12.5. The topological polar surface area (TPSA) is 31.4 Å². The van der Waals surface area contributed by atoms with Crippen molar-refractivity contribution in [1.82, 2.24) is 4.98 Å². The van der Waals surface area contributed by atoms with Gasteiger partial charge >= 0.3 is 7.12 Å². The lowest BCUT2D eigenvalue weighted by Crippen LogP contribution is -2.41. The zero-order valence-electron chi connectivity index (χ0n) is 13.3. The van der Waals surface area contributed by atoms with Gasteiger partial charge in [0.25, 0.3) is 0 Å². The van der Waals surface area contributed by atoms with Crippen LogP contribution in [-0.2, 0) is 9.31 Å². The summed E-state index contributed by atoms with van der Waals surface area (Å²) in [6.07, 6.45) is 3.88. The maximum Gasteiger partial charge on any atom is 0.487 e. The Bertz CT molecular complexity index is 476. The zero-order valence-corrected chi connectivity index (χ0v) is 13.3. The van der Waals surface area contributed by atoms with E-state index in [9.17, 15) is 0 Å². The molecule has 3 nitrogen and oxygen atoms in total. The van der Waals surface area contributed by atoms with Crippen LogP contribution in [0.4, 0.5) is 0 Å². The van der Waals surface area contributed by atoms with E-state index in [0.29, 0.717) is 5.92 Å². The third-order valence-electron chi connectivity index (χ3n) is 4.17. The number of hydrogen-bond acceptors (Lipinski definition) is 3. The predicted octanol–water partition coefficient (Wildman–Crippen LogP) is 3.85. The van der Waals surface area contributed by atoms with Gasteiger partial charge < -0.3 is 9.31 Å². The van der Waals surface area contributed by atoms with E-state index in [2.05, 4.69) is 52.6 Å². The van der Waals surface area contributed by atoms with Crippen LogP contribution < -0.4 is 0 Å². The molecule has 1 aromatic heterocycles. The normalized spacial score (nSPS) is 21.1. The minimum Gasteiger partial charge on any atom is -0.400 e. The fourth-order valence-corrected chi connectivity index (χ4v) is 2.00. The summed E-state index contributed by atoms with van der Waals surface area (Å²) in [7, 11) is -0.313. The quantitative estimate of drug-likeness (QED) is 0.784. The van der Waals surface area contributed by atoms with Crippen LogP contribution in [0.1, 0.15) is 58.7 Å². The summed E-state index contributed by atoms with van der Waals surface area (Å²) in [5, 5.41) is 0. The number of nitrogens with zero attached hydrogens (tertiary/aromatic N) is 1. The third-order valence-corrected chi connectivity index (χ3v) is 4.17.